The van der Waals surface area contributed by atoms with Crippen LogP contribution in [0.25, 0.3) is 0 Å². The Morgan fingerprint density at radius 2 is 1.53 bits per heavy atom. The first-order valence-corrected chi connectivity index (χ1v) is 5.10. The van der Waals surface area contributed by atoms with Gasteiger partial charge in [0.2, 0.25) is 0 Å². The van der Waals surface area contributed by atoms with Crippen molar-refractivity contribution in [3.63, 3.8) is 0 Å². The van der Waals surface area contributed by atoms with Crippen LogP contribution < -0.4 is 36.3 Å². The second-order valence-corrected chi connectivity index (χ2v) is 4.58. The average Bonchev–Trinajstić information content (AvgIpc) is 2.44. The molecular weight excluding hydrogens is 414 g/mol. The van der Waals surface area contributed by atoms with Gasteiger partial charge in [-0.1, -0.05) is 20.3 Å². The van der Waals surface area contributed by atoms with E-state index in [1.54, 1.807) is 0 Å². The molecule has 2 rings (SSSR count). The molecular formula is C10H22Cl2N2Pt. The molecule has 2 saturated carbocycles. The minimum absolute atomic E-state index is 0. The van der Waals surface area contributed by atoms with Gasteiger partial charge in [0, 0.05) is 6.04 Å². The maximum absolute atomic E-state index is 5.82. The fourth-order valence-electron chi connectivity index (χ4n) is 2.29. The Hall–Kier alpha value is 1.19. The average molecular weight is 436 g/mol. The van der Waals surface area contributed by atoms with Gasteiger partial charge in [-0.15, -0.1) is 0 Å². The second kappa shape index (κ2) is 10.3. The molecule has 5 heteroatoms. The standard InChI is InChI=1S/C7H13N.C3H9N.2ClH.Pt/c8-7-4-5-1-2-6(7)3-5;1-3(2)4;;;/h5-7H,1-4,8H2;3H,4H2,1-2H3;2*1H;/q;;;;+2/p-2/t5?,6?,7-;;;;/m1..../s1. The first kappa shape index (κ1) is 21.5. The van der Waals surface area contributed by atoms with Crippen molar-refractivity contribution >= 4 is 0 Å². The molecule has 0 radical (unpaired) electrons. The molecule has 0 heterocycles. The van der Waals surface area contributed by atoms with Gasteiger partial charge >= 0.3 is 21.1 Å². The molecule has 0 amide bonds. The van der Waals surface area contributed by atoms with E-state index in [0.717, 1.165) is 11.8 Å². The van der Waals surface area contributed by atoms with E-state index < -0.39 is 0 Å². The molecule has 2 aliphatic carbocycles. The Labute approximate surface area is 120 Å². The van der Waals surface area contributed by atoms with Crippen LogP contribution in [0, 0.1) is 11.8 Å². The minimum Gasteiger partial charge on any atom is -1.00 e. The van der Waals surface area contributed by atoms with E-state index in [9.17, 15) is 0 Å². The van der Waals surface area contributed by atoms with Crippen LogP contribution in [-0.2, 0) is 21.1 Å². The topological polar surface area (TPSA) is 52.0 Å². The van der Waals surface area contributed by atoms with Crippen LogP contribution in [0.15, 0.2) is 0 Å². The number of rotatable bonds is 0. The van der Waals surface area contributed by atoms with Crippen LogP contribution >= 0.6 is 0 Å². The Balaban J connectivity index is -0.000000187. The predicted molar refractivity (Wildman–Crippen MR) is 52.7 cm³/mol. The molecule has 3 atom stereocenters. The fourth-order valence-corrected chi connectivity index (χ4v) is 2.29. The van der Waals surface area contributed by atoms with Crippen molar-refractivity contribution in [3.05, 3.63) is 0 Å². The number of hydrogen-bond acceptors (Lipinski definition) is 2. The van der Waals surface area contributed by atoms with E-state index in [-0.39, 0.29) is 45.9 Å². The van der Waals surface area contributed by atoms with Gasteiger partial charge in [-0.2, -0.15) is 0 Å². The van der Waals surface area contributed by atoms with Crippen LogP contribution in [0.4, 0.5) is 0 Å². The molecule has 2 bridgehead atoms. The number of fused-ring (bicyclic) bond motifs is 2. The van der Waals surface area contributed by atoms with Gasteiger partial charge in [-0.05, 0) is 37.1 Å². The zero-order valence-electron chi connectivity index (χ0n) is 9.36. The summed E-state index contributed by atoms with van der Waals surface area (Å²) in [5.74, 6) is 1.94. The summed E-state index contributed by atoms with van der Waals surface area (Å²) >= 11 is 0. The molecule has 0 aliphatic heterocycles. The zero-order chi connectivity index (χ0) is 9.14. The molecule has 0 aromatic carbocycles. The molecule has 15 heavy (non-hydrogen) atoms. The van der Waals surface area contributed by atoms with Crippen LogP contribution in [0.5, 0.6) is 0 Å². The third kappa shape index (κ3) is 7.99. The van der Waals surface area contributed by atoms with Crippen molar-refractivity contribution in [2.75, 3.05) is 0 Å². The van der Waals surface area contributed by atoms with E-state index in [1.807, 2.05) is 13.8 Å². The number of hydrogen-bond donors (Lipinski definition) is 2. The van der Waals surface area contributed by atoms with Crippen LogP contribution in [-0.4, -0.2) is 12.1 Å². The maximum Gasteiger partial charge on any atom is 2.00 e. The summed E-state index contributed by atoms with van der Waals surface area (Å²) in [5, 5.41) is 0. The van der Waals surface area contributed by atoms with Crippen LogP contribution in [0.2, 0.25) is 0 Å². The minimum atomic E-state index is 0. The quantitative estimate of drug-likeness (QED) is 0.403. The molecule has 96 valence electrons. The summed E-state index contributed by atoms with van der Waals surface area (Å²) in [7, 11) is 0. The van der Waals surface area contributed by atoms with E-state index in [2.05, 4.69) is 0 Å². The van der Waals surface area contributed by atoms with Gasteiger partial charge in [0.25, 0.3) is 0 Å². The zero-order valence-corrected chi connectivity index (χ0v) is 13.1. The third-order valence-electron chi connectivity index (χ3n) is 2.79. The monoisotopic (exact) mass is 435 g/mol. The third-order valence-corrected chi connectivity index (χ3v) is 2.79. The summed E-state index contributed by atoms with van der Waals surface area (Å²) < 4.78 is 0. The van der Waals surface area contributed by atoms with E-state index in [4.69, 9.17) is 11.5 Å². The van der Waals surface area contributed by atoms with Crippen molar-refractivity contribution in [3.8, 4) is 0 Å². The van der Waals surface area contributed by atoms with Gasteiger partial charge in [-0.3, -0.25) is 0 Å². The van der Waals surface area contributed by atoms with Gasteiger partial charge in [-0.25, -0.2) is 0 Å². The fraction of sp³-hybridized carbons (Fsp3) is 1.00. The van der Waals surface area contributed by atoms with E-state index in [1.165, 1.54) is 25.7 Å². The summed E-state index contributed by atoms with van der Waals surface area (Å²) in [5.41, 5.74) is 10.9. The predicted octanol–water partition coefficient (Wildman–Crippen LogP) is -4.51. The van der Waals surface area contributed by atoms with Gasteiger partial charge in [0.15, 0.2) is 0 Å². The normalized spacial score (nSPS) is 30.6. The van der Waals surface area contributed by atoms with Crippen LogP contribution in [0.3, 0.4) is 0 Å². The van der Waals surface area contributed by atoms with Gasteiger partial charge in [0.05, 0.1) is 0 Å². The van der Waals surface area contributed by atoms with E-state index >= 15 is 0 Å². The second-order valence-electron chi connectivity index (χ2n) is 4.58. The molecule has 2 nitrogen and oxygen atoms in total. The molecule has 0 spiro atoms. The first-order chi connectivity index (χ1) is 5.59. The van der Waals surface area contributed by atoms with Crippen molar-refractivity contribution in [2.45, 2.75) is 51.6 Å². The van der Waals surface area contributed by atoms with Crippen molar-refractivity contribution in [1.82, 2.24) is 0 Å². The summed E-state index contributed by atoms with van der Waals surface area (Å²) in [4.78, 5) is 0. The largest absolute Gasteiger partial charge is 2.00 e. The van der Waals surface area contributed by atoms with Crippen molar-refractivity contribution in [1.29, 1.82) is 0 Å². The Kier molecular flexibility index (Phi) is 14.8. The summed E-state index contributed by atoms with van der Waals surface area (Å²) in [6.45, 7) is 3.89. The molecule has 0 aromatic rings. The summed E-state index contributed by atoms with van der Waals surface area (Å²) in [6.07, 6.45) is 5.66. The summed E-state index contributed by atoms with van der Waals surface area (Å²) in [6, 6.07) is 0.911. The van der Waals surface area contributed by atoms with Gasteiger partial charge < -0.3 is 36.3 Å². The Bertz CT molecular complexity index is 143. The van der Waals surface area contributed by atoms with E-state index in [0.29, 0.717) is 12.1 Å². The van der Waals surface area contributed by atoms with Crippen LogP contribution in [0.1, 0.15) is 39.5 Å². The first-order valence-electron chi connectivity index (χ1n) is 5.10. The smallest absolute Gasteiger partial charge is 1.00 e. The SMILES string of the molecule is CC(C)N.N[C@@H]1CC2CCC1C2.[Cl-].[Cl-].[Pt+2]. The molecule has 2 unspecified atom stereocenters. The van der Waals surface area contributed by atoms with Crippen molar-refractivity contribution < 1.29 is 45.9 Å². The molecule has 4 N–H and O–H groups in total. The number of nitrogens with two attached hydrogens (primary N) is 2. The molecule has 0 aromatic heterocycles. The molecule has 2 fully saturated rings. The number of halogens is 2. The Morgan fingerprint density at radius 3 is 1.67 bits per heavy atom. The van der Waals surface area contributed by atoms with Gasteiger partial charge in [0.1, 0.15) is 0 Å². The molecule has 2 aliphatic rings. The van der Waals surface area contributed by atoms with Crippen molar-refractivity contribution in [2.24, 2.45) is 23.3 Å². The Morgan fingerprint density at radius 1 is 1.07 bits per heavy atom. The maximum atomic E-state index is 5.82. The molecule has 0 saturated heterocycles.